The molecule has 0 spiro atoms. The van der Waals surface area contributed by atoms with E-state index >= 15 is 0 Å². The van der Waals surface area contributed by atoms with Crippen LogP contribution in [-0.2, 0) is 18.8 Å². The number of hydrogen-bond acceptors (Lipinski definition) is 5. The van der Waals surface area contributed by atoms with Crippen LogP contribution in [0.4, 0.5) is 47.6 Å². The molecule has 8 rings (SSSR count). The lowest BCUT2D eigenvalue weighted by Crippen LogP contribution is -2.43. The summed E-state index contributed by atoms with van der Waals surface area (Å²) in [6, 6.07) is 11.9. The van der Waals surface area contributed by atoms with Crippen LogP contribution in [0.2, 0.25) is 0 Å². The van der Waals surface area contributed by atoms with Crippen LogP contribution in [0.5, 0.6) is 0 Å². The highest BCUT2D eigenvalue weighted by atomic mass is 19.3. The number of ether oxygens (including phenoxy) is 1. The van der Waals surface area contributed by atoms with E-state index in [-0.39, 0.29) is 48.8 Å². The molecule has 0 atom stereocenters. The minimum absolute atomic E-state index is 0.182. The third kappa shape index (κ3) is 9.75. The number of rotatable bonds is 9. The Morgan fingerprint density at radius 1 is 0.702 bits per heavy atom. The number of aromatic nitrogens is 4. The molecule has 0 aliphatic heterocycles. The van der Waals surface area contributed by atoms with Gasteiger partial charge in [0.15, 0.2) is 11.6 Å². The third-order valence-electron chi connectivity index (χ3n) is 10.9. The first-order valence-electron chi connectivity index (χ1n) is 19.6. The van der Waals surface area contributed by atoms with Gasteiger partial charge in [-0.15, -0.1) is 0 Å². The van der Waals surface area contributed by atoms with Crippen LogP contribution in [0.15, 0.2) is 48.5 Å². The zero-order chi connectivity index (χ0) is 41.1. The average Bonchev–Trinajstić information content (AvgIpc) is 3.56. The van der Waals surface area contributed by atoms with E-state index in [9.17, 15) is 35.9 Å². The van der Waals surface area contributed by atoms with Crippen molar-refractivity contribution in [1.29, 1.82) is 0 Å². The second-order valence-corrected chi connectivity index (χ2v) is 15.1. The van der Waals surface area contributed by atoms with Crippen molar-refractivity contribution >= 4 is 23.8 Å². The smallest absolute Gasteiger partial charge is 0.413 e. The lowest BCUT2D eigenvalue weighted by atomic mass is 9.79. The number of halogens is 6. The SMILES string of the molecule is CC.Cn1nc(NC(=O)NCC2CC(F)(F)C2)c(C2CCC2)c1-c1ccc(F)cc1.Cn1nc(NC(=O)OC2CC(F)(F)C2)c(C2CCC2)c1-c1ccc(F)cc1. The molecule has 4 aliphatic rings. The molecule has 4 aromatic rings. The molecule has 4 saturated carbocycles. The number of benzene rings is 2. The molecule has 2 aromatic carbocycles. The molecule has 4 aliphatic carbocycles. The van der Waals surface area contributed by atoms with Gasteiger partial charge in [-0.05, 0) is 92.0 Å². The summed E-state index contributed by atoms with van der Waals surface area (Å²) in [4.78, 5) is 24.4. The molecule has 57 heavy (non-hydrogen) atoms. The molecular formula is C41H49F6N7O3. The maximum absolute atomic E-state index is 13.3. The number of nitrogens with one attached hydrogen (secondary N) is 3. The largest absolute Gasteiger partial charge is 0.445 e. The van der Waals surface area contributed by atoms with Gasteiger partial charge >= 0.3 is 12.1 Å². The topological polar surface area (TPSA) is 115 Å². The van der Waals surface area contributed by atoms with Crippen molar-refractivity contribution in [1.82, 2.24) is 24.9 Å². The fourth-order valence-corrected chi connectivity index (χ4v) is 7.62. The molecule has 2 heterocycles. The summed E-state index contributed by atoms with van der Waals surface area (Å²) in [6.45, 7) is 4.22. The zero-order valence-corrected chi connectivity index (χ0v) is 32.5. The standard InChI is InChI=1S/C20H23F3N4O.C19H20F3N3O2.C2H6/c1-27-17(14-5-7-15(21)8-6-14)16(13-3-2-4-13)18(26-27)25-19(28)24-11-12-9-20(22,23)10-12;1-25-16(12-5-7-13(20)8-6-12)15(11-3-2-4-11)17(24-25)23-18(26)27-14-9-19(21,22)10-14;1-2/h5-8,12-13H,2-4,9-11H2,1H3,(H2,24,25,26,28);5-8,11,14H,2-4,9-10H2,1H3,(H,23,24,26);1-2H3. The second kappa shape index (κ2) is 17.2. The Morgan fingerprint density at radius 2 is 1.12 bits per heavy atom. The van der Waals surface area contributed by atoms with E-state index in [1.54, 1.807) is 47.7 Å². The Balaban J connectivity index is 0.000000185. The van der Waals surface area contributed by atoms with Gasteiger partial charge in [0, 0.05) is 68.6 Å². The molecule has 4 fully saturated rings. The van der Waals surface area contributed by atoms with E-state index < -0.39 is 42.9 Å². The summed E-state index contributed by atoms with van der Waals surface area (Å²) in [5.41, 5.74) is 5.14. The van der Waals surface area contributed by atoms with E-state index in [0.29, 0.717) is 11.6 Å². The maximum Gasteiger partial charge on any atom is 0.413 e. The Morgan fingerprint density at radius 3 is 1.51 bits per heavy atom. The summed E-state index contributed by atoms with van der Waals surface area (Å²) in [6.07, 6.45) is 3.35. The van der Waals surface area contributed by atoms with Gasteiger partial charge in [-0.1, -0.05) is 26.7 Å². The van der Waals surface area contributed by atoms with Crippen molar-refractivity contribution < 1.29 is 40.7 Å². The van der Waals surface area contributed by atoms with Crippen LogP contribution in [0.25, 0.3) is 22.5 Å². The number of hydrogen-bond donors (Lipinski definition) is 3. The van der Waals surface area contributed by atoms with Crippen molar-refractivity contribution in [3.8, 4) is 22.5 Å². The van der Waals surface area contributed by atoms with E-state index in [1.165, 1.54) is 24.3 Å². The monoisotopic (exact) mass is 801 g/mol. The number of nitrogens with zero attached hydrogens (tertiary/aromatic N) is 4. The summed E-state index contributed by atoms with van der Waals surface area (Å²) >= 11 is 0. The highest BCUT2D eigenvalue weighted by molar-refractivity contribution is 5.90. The minimum Gasteiger partial charge on any atom is -0.445 e. The normalized spacial score (nSPS) is 18.6. The van der Waals surface area contributed by atoms with E-state index in [0.717, 1.165) is 72.2 Å². The quantitative estimate of drug-likeness (QED) is 0.146. The first-order chi connectivity index (χ1) is 27.1. The van der Waals surface area contributed by atoms with Gasteiger partial charge in [0.25, 0.3) is 5.92 Å². The lowest BCUT2D eigenvalue weighted by molar-refractivity contribution is -0.142. The van der Waals surface area contributed by atoms with Crippen molar-refractivity contribution in [3.63, 3.8) is 0 Å². The Hall–Kier alpha value is -5.02. The van der Waals surface area contributed by atoms with Crippen LogP contribution in [0.1, 0.15) is 101 Å². The lowest BCUT2D eigenvalue weighted by Gasteiger charge is -2.34. The average molecular weight is 802 g/mol. The first kappa shape index (κ1) is 41.6. The molecule has 3 amide bonds. The van der Waals surface area contributed by atoms with Crippen molar-refractivity contribution in [2.75, 3.05) is 17.2 Å². The summed E-state index contributed by atoms with van der Waals surface area (Å²) in [5.74, 6) is -4.79. The number of alkyl halides is 4. The van der Waals surface area contributed by atoms with Crippen LogP contribution < -0.4 is 16.0 Å². The van der Waals surface area contributed by atoms with E-state index in [1.807, 2.05) is 13.8 Å². The fourth-order valence-electron chi connectivity index (χ4n) is 7.62. The maximum atomic E-state index is 13.3. The zero-order valence-electron chi connectivity index (χ0n) is 32.5. The fraction of sp³-hybridized carbons (Fsp3) is 0.512. The van der Waals surface area contributed by atoms with Crippen LogP contribution in [-0.4, -0.2) is 56.2 Å². The summed E-state index contributed by atoms with van der Waals surface area (Å²) in [7, 11) is 3.55. The van der Waals surface area contributed by atoms with Gasteiger partial charge in [0.05, 0.1) is 11.4 Å². The van der Waals surface area contributed by atoms with Gasteiger partial charge in [0.2, 0.25) is 5.92 Å². The van der Waals surface area contributed by atoms with E-state index in [2.05, 4.69) is 26.1 Å². The predicted molar refractivity (Wildman–Crippen MR) is 205 cm³/mol. The Kier molecular flexibility index (Phi) is 12.6. The van der Waals surface area contributed by atoms with Gasteiger partial charge in [-0.25, -0.2) is 35.9 Å². The van der Waals surface area contributed by atoms with E-state index in [4.69, 9.17) is 4.74 Å². The number of carbonyl (C=O) groups excluding carboxylic acids is 2. The number of carbonyl (C=O) groups is 2. The van der Waals surface area contributed by atoms with Crippen LogP contribution in [0, 0.1) is 17.6 Å². The number of amides is 3. The molecule has 3 N–H and O–H groups in total. The molecule has 0 bridgehead atoms. The van der Waals surface area contributed by atoms with Crippen LogP contribution >= 0.6 is 0 Å². The second-order valence-electron chi connectivity index (χ2n) is 15.1. The highest BCUT2D eigenvalue weighted by Crippen LogP contribution is 2.47. The number of aryl methyl sites for hydroxylation is 2. The molecule has 308 valence electrons. The van der Waals surface area contributed by atoms with Crippen LogP contribution in [0.3, 0.4) is 0 Å². The predicted octanol–water partition coefficient (Wildman–Crippen LogP) is 10.5. The molecule has 0 saturated heterocycles. The number of anilines is 2. The molecule has 16 heteroatoms. The van der Waals surface area contributed by atoms with Gasteiger partial charge < -0.3 is 10.1 Å². The van der Waals surface area contributed by atoms with Crippen molar-refractivity contribution in [2.24, 2.45) is 20.0 Å². The highest BCUT2D eigenvalue weighted by Gasteiger charge is 2.48. The van der Waals surface area contributed by atoms with Gasteiger partial charge in [-0.3, -0.25) is 20.0 Å². The van der Waals surface area contributed by atoms with Gasteiger partial charge in [0.1, 0.15) is 17.7 Å². The van der Waals surface area contributed by atoms with Crippen molar-refractivity contribution in [2.45, 2.75) is 108 Å². The molecular weight excluding hydrogens is 752 g/mol. The minimum atomic E-state index is -2.75. The number of urea groups is 1. The Labute approximate surface area is 327 Å². The molecule has 2 aromatic heterocycles. The molecule has 0 radical (unpaired) electrons. The first-order valence-corrected chi connectivity index (χ1v) is 19.6. The van der Waals surface area contributed by atoms with Gasteiger partial charge in [-0.2, -0.15) is 10.2 Å². The van der Waals surface area contributed by atoms with Crippen molar-refractivity contribution in [3.05, 3.63) is 71.3 Å². The summed E-state index contributed by atoms with van der Waals surface area (Å²) in [5, 5.41) is 16.9. The Bertz CT molecular complexity index is 2010. The molecule has 10 nitrogen and oxygen atoms in total. The third-order valence-corrected chi connectivity index (χ3v) is 10.9. The molecule has 0 unspecified atom stereocenters. The summed E-state index contributed by atoms with van der Waals surface area (Å²) < 4.78 is 86.6.